The fourth-order valence-electron chi connectivity index (χ4n) is 2.09. The van der Waals surface area contributed by atoms with Gasteiger partial charge in [0.2, 0.25) is 0 Å². The van der Waals surface area contributed by atoms with Crippen molar-refractivity contribution in [3.63, 3.8) is 0 Å². The molecule has 1 aromatic rings. The first-order valence-corrected chi connectivity index (χ1v) is 7.55. The molecule has 1 rings (SSSR count). The molecule has 0 amide bonds. The molecule has 2 atom stereocenters. The highest BCUT2D eigenvalue weighted by Gasteiger charge is 2.25. The molecule has 0 bridgehead atoms. The van der Waals surface area contributed by atoms with E-state index in [4.69, 9.17) is 4.74 Å². The van der Waals surface area contributed by atoms with Crippen LogP contribution in [0.4, 0.5) is 0 Å². The van der Waals surface area contributed by atoms with Gasteiger partial charge < -0.3 is 10.1 Å². The fraction of sp³-hybridized carbons (Fsp3) is 0.647. The second-order valence-corrected chi connectivity index (χ2v) is 5.53. The molecular weight excluding hydrogens is 234 g/mol. The van der Waals surface area contributed by atoms with Crippen molar-refractivity contribution in [3.05, 3.63) is 29.8 Å². The number of hydrogen-bond donors (Lipinski definition) is 1. The van der Waals surface area contributed by atoms with Crippen molar-refractivity contribution in [1.29, 1.82) is 0 Å². The van der Waals surface area contributed by atoms with Crippen LogP contribution in [0.2, 0.25) is 0 Å². The molecule has 0 aromatic heterocycles. The minimum atomic E-state index is -0.139. The van der Waals surface area contributed by atoms with Crippen molar-refractivity contribution >= 4 is 0 Å². The Morgan fingerprint density at radius 1 is 1.21 bits per heavy atom. The lowest BCUT2D eigenvalue weighted by Gasteiger charge is -2.31. The number of para-hydroxylation sites is 1. The predicted molar refractivity (Wildman–Crippen MR) is 83.0 cm³/mol. The maximum atomic E-state index is 6.34. The highest BCUT2D eigenvalue weighted by molar-refractivity contribution is 5.36. The quantitative estimate of drug-likeness (QED) is 0.752. The summed E-state index contributed by atoms with van der Waals surface area (Å²) >= 11 is 0. The van der Waals surface area contributed by atoms with Crippen molar-refractivity contribution in [2.75, 3.05) is 13.1 Å². The third-order valence-corrected chi connectivity index (χ3v) is 3.92. The molecule has 1 aromatic carbocycles. The Balaban J connectivity index is 2.90. The van der Waals surface area contributed by atoms with E-state index in [1.54, 1.807) is 0 Å². The van der Waals surface area contributed by atoms with Gasteiger partial charge in [0.1, 0.15) is 11.4 Å². The van der Waals surface area contributed by atoms with Crippen LogP contribution in [0.15, 0.2) is 24.3 Å². The molecule has 0 saturated heterocycles. The summed E-state index contributed by atoms with van der Waals surface area (Å²) < 4.78 is 6.34. The van der Waals surface area contributed by atoms with Crippen LogP contribution >= 0.6 is 0 Å². The van der Waals surface area contributed by atoms with Gasteiger partial charge in [0.25, 0.3) is 0 Å². The number of nitrogens with one attached hydrogen (secondary N) is 1. The van der Waals surface area contributed by atoms with E-state index in [1.165, 1.54) is 5.56 Å². The Hall–Kier alpha value is -1.02. The minimum Gasteiger partial charge on any atom is -0.486 e. The van der Waals surface area contributed by atoms with Crippen LogP contribution in [0.25, 0.3) is 0 Å². The van der Waals surface area contributed by atoms with Crippen LogP contribution in [0.5, 0.6) is 5.75 Å². The van der Waals surface area contributed by atoms with Crippen LogP contribution in [0, 0.1) is 0 Å². The largest absolute Gasteiger partial charge is 0.486 e. The molecule has 0 saturated carbocycles. The molecule has 19 heavy (non-hydrogen) atoms. The summed E-state index contributed by atoms with van der Waals surface area (Å²) in [6.45, 7) is 12.8. The molecule has 108 valence electrons. The van der Waals surface area contributed by atoms with Crippen LogP contribution < -0.4 is 10.1 Å². The Kier molecular flexibility index (Phi) is 6.36. The lowest BCUT2D eigenvalue weighted by molar-refractivity contribution is 0.0826. The first kappa shape index (κ1) is 16.0. The van der Waals surface area contributed by atoms with Gasteiger partial charge in [-0.15, -0.1) is 0 Å². The summed E-state index contributed by atoms with van der Waals surface area (Å²) in [5.74, 6) is 1.58. The zero-order valence-corrected chi connectivity index (χ0v) is 13.1. The molecule has 1 N–H and O–H groups in total. The summed E-state index contributed by atoms with van der Waals surface area (Å²) in [6, 6.07) is 8.45. The van der Waals surface area contributed by atoms with Crippen molar-refractivity contribution in [2.24, 2.45) is 0 Å². The van der Waals surface area contributed by atoms with Gasteiger partial charge >= 0.3 is 0 Å². The van der Waals surface area contributed by atoms with Gasteiger partial charge in [-0.3, -0.25) is 0 Å². The van der Waals surface area contributed by atoms with E-state index in [0.717, 1.165) is 31.7 Å². The molecule has 0 radical (unpaired) electrons. The Labute approximate surface area is 118 Å². The third kappa shape index (κ3) is 4.54. The highest BCUT2D eigenvalue weighted by atomic mass is 16.5. The number of likely N-dealkylation sites (N-methyl/N-ethyl adjacent to an activating group) is 1. The number of ether oxygens (including phenoxy) is 1. The molecule has 0 aliphatic rings. The third-order valence-electron chi connectivity index (χ3n) is 3.92. The van der Waals surface area contributed by atoms with Crippen LogP contribution in [-0.4, -0.2) is 18.7 Å². The van der Waals surface area contributed by atoms with Crippen molar-refractivity contribution in [2.45, 2.75) is 59.0 Å². The maximum absolute atomic E-state index is 6.34. The van der Waals surface area contributed by atoms with Gasteiger partial charge in [-0.05, 0) is 43.9 Å². The summed E-state index contributed by atoms with van der Waals surface area (Å²) in [5, 5.41) is 3.40. The minimum absolute atomic E-state index is 0.139. The molecular formula is C17H29NO. The second-order valence-electron chi connectivity index (χ2n) is 5.53. The average molecular weight is 263 g/mol. The number of benzene rings is 1. The normalized spacial score (nSPS) is 15.8. The van der Waals surface area contributed by atoms with Gasteiger partial charge in [-0.25, -0.2) is 0 Å². The van der Waals surface area contributed by atoms with Gasteiger partial charge in [0.05, 0.1) is 0 Å². The summed E-state index contributed by atoms with van der Waals surface area (Å²) in [5.41, 5.74) is 1.18. The monoisotopic (exact) mass is 263 g/mol. The van der Waals surface area contributed by atoms with Crippen LogP contribution in [0.3, 0.4) is 0 Å². The smallest absolute Gasteiger partial charge is 0.123 e. The maximum Gasteiger partial charge on any atom is 0.123 e. The molecule has 2 nitrogen and oxygen atoms in total. The molecule has 0 heterocycles. The number of rotatable bonds is 8. The van der Waals surface area contributed by atoms with E-state index < -0.39 is 0 Å². The fourth-order valence-corrected chi connectivity index (χ4v) is 2.09. The average Bonchev–Trinajstić information content (AvgIpc) is 2.45. The predicted octanol–water partition coefficient (Wildman–Crippen LogP) is 4.36. The molecule has 0 spiro atoms. The molecule has 0 aliphatic carbocycles. The molecule has 2 unspecified atom stereocenters. The molecule has 2 heteroatoms. The topological polar surface area (TPSA) is 21.3 Å². The standard InChI is InChI=1S/C17H29NO/c1-6-14(4)15-11-9-10-12-16(15)19-17(5,7-2)13-18-8-3/h9-12,14,18H,6-8,13H2,1-5H3. The lowest BCUT2D eigenvalue weighted by Crippen LogP contribution is -2.42. The Morgan fingerprint density at radius 3 is 2.47 bits per heavy atom. The van der Waals surface area contributed by atoms with E-state index in [9.17, 15) is 0 Å². The SMILES string of the molecule is CCNCC(C)(CC)Oc1ccccc1C(C)CC. The van der Waals surface area contributed by atoms with Crippen molar-refractivity contribution in [1.82, 2.24) is 5.32 Å². The Bertz CT molecular complexity index is 377. The van der Waals surface area contributed by atoms with Gasteiger partial charge in [0.15, 0.2) is 0 Å². The van der Waals surface area contributed by atoms with E-state index >= 15 is 0 Å². The zero-order chi connectivity index (χ0) is 14.3. The van der Waals surface area contributed by atoms with Crippen LogP contribution in [0.1, 0.15) is 58.9 Å². The van der Waals surface area contributed by atoms with E-state index in [0.29, 0.717) is 5.92 Å². The first-order valence-electron chi connectivity index (χ1n) is 7.55. The molecule has 0 fully saturated rings. The Morgan fingerprint density at radius 2 is 1.89 bits per heavy atom. The van der Waals surface area contributed by atoms with Crippen molar-refractivity contribution < 1.29 is 4.74 Å². The summed E-state index contributed by atoms with van der Waals surface area (Å²) in [6.07, 6.45) is 2.13. The van der Waals surface area contributed by atoms with E-state index in [1.807, 2.05) is 0 Å². The van der Waals surface area contributed by atoms with E-state index in [-0.39, 0.29) is 5.60 Å². The van der Waals surface area contributed by atoms with Crippen LogP contribution in [-0.2, 0) is 0 Å². The second kappa shape index (κ2) is 7.54. The zero-order valence-electron chi connectivity index (χ0n) is 13.1. The van der Waals surface area contributed by atoms with Gasteiger partial charge in [-0.2, -0.15) is 0 Å². The molecule has 0 aliphatic heterocycles. The van der Waals surface area contributed by atoms with Crippen molar-refractivity contribution in [3.8, 4) is 5.75 Å². The van der Waals surface area contributed by atoms with Gasteiger partial charge in [-0.1, -0.05) is 45.9 Å². The first-order chi connectivity index (χ1) is 9.06. The van der Waals surface area contributed by atoms with Gasteiger partial charge in [0, 0.05) is 6.54 Å². The summed E-state index contributed by atoms with van der Waals surface area (Å²) in [4.78, 5) is 0. The lowest BCUT2D eigenvalue weighted by atomic mass is 9.97. The summed E-state index contributed by atoms with van der Waals surface area (Å²) in [7, 11) is 0. The number of hydrogen-bond acceptors (Lipinski definition) is 2. The highest BCUT2D eigenvalue weighted by Crippen LogP contribution is 2.31. The van der Waals surface area contributed by atoms with E-state index in [2.05, 4.69) is 64.2 Å².